The number of anilines is 1. The summed E-state index contributed by atoms with van der Waals surface area (Å²) in [6.45, 7) is 3.26. The van der Waals surface area contributed by atoms with Gasteiger partial charge >= 0.3 is 0 Å². The standard InChI is InChI=1S/C24H25FN2O4S/c1-17-4-10-21(11-5-17)27(32(29,30)23-14-8-20(25)9-15-23)16-24(28)26-18(2)19-6-12-22(31-3)13-7-19/h4-15,18H,16H2,1-3H3,(H,26,28). The monoisotopic (exact) mass is 456 g/mol. The van der Waals surface area contributed by atoms with Gasteiger partial charge in [0, 0.05) is 0 Å². The van der Waals surface area contributed by atoms with Crippen molar-refractivity contribution in [3.63, 3.8) is 0 Å². The van der Waals surface area contributed by atoms with Crippen molar-refractivity contribution in [3.05, 3.63) is 89.7 Å². The Morgan fingerprint density at radius 3 is 2.16 bits per heavy atom. The van der Waals surface area contributed by atoms with E-state index in [1.54, 1.807) is 43.5 Å². The van der Waals surface area contributed by atoms with E-state index in [2.05, 4.69) is 5.32 Å². The first-order valence-electron chi connectivity index (χ1n) is 9.99. The van der Waals surface area contributed by atoms with Gasteiger partial charge in [-0.2, -0.15) is 0 Å². The number of sulfonamides is 1. The van der Waals surface area contributed by atoms with Crippen LogP contribution in [0.25, 0.3) is 0 Å². The number of rotatable bonds is 8. The lowest BCUT2D eigenvalue weighted by Crippen LogP contribution is -2.41. The molecule has 0 fully saturated rings. The minimum Gasteiger partial charge on any atom is -0.497 e. The molecule has 0 heterocycles. The largest absolute Gasteiger partial charge is 0.497 e. The maximum atomic E-state index is 13.3. The quantitative estimate of drug-likeness (QED) is 0.551. The molecular formula is C24H25FN2O4S. The third kappa shape index (κ3) is 5.45. The van der Waals surface area contributed by atoms with Crippen LogP contribution in [0.2, 0.25) is 0 Å². The number of methoxy groups -OCH3 is 1. The molecule has 32 heavy (non-hydrogen) atoms. The molecule has 0 saturated carbocycles. The summed E-state index contributed by atoms with van der Waals surface area (Å²) < 4.78 is 46.1. The molecule has 1 N–H and O–H groups in total. The molecule has 0 radical (unpaired) electrons. The number of aryl methyl sites for hydroxylation is 1. The van der Waals surface area contributed by atoms with Gasteiger partial charge in [-0.1, -0.05) is 29.8 Å². The zero-order valence-electron chi connectivity index (χ0n) is 18.1. The van der Waals surface area contributed by atoms with E-state index in [4.69, 9.17) is 4.74 Å². The number of nitrogens with zero attached hydrogens (tertiary/aromatic N) is 1. The molecule has 0 aliphatic heterocycles. The van der Waals surface area contributed by atoms with Crippen LogP contribution in [0.4, 0.5) is 10.1 Å². The van der Waals surface area contributed by atoms with Gasteiger partial charge in [0.1, 0.15) is 18.1 Å². The highest BCUT2D eigenvalue weighted by Crippen LogP contribution is 2.25. The number of nitrogens with one attached hydrogen (secondary N) is 1. The summed E-state index contributed by atoms with van der Waals surface area (Å²) >= 11 is 0. The van der Waals surface area contributed by atoms with Crippen LogP contribution in [-0.4, -0.2) is 28.0 Å². The summed E-state index contributed by atoms with van der Waals surface area (Å²) in [6.07, 6.45) is 0. The van der Waals surface area contributed by atoms with Crippen LogP contribution in [0, 0.1) is 12.7 Å². The fourth-order valence-electron chi connectivity index (χ4n) is 3.15. The molecule has 8 heteroatoms. The van der Waals surface area contributed by atoms with Gasteiger partial charge in [-0.15, -0.1) is 0 Å². The van der Waals surface area contributed by atoms with E-state index < -0.39 is 28.3 Å². The number of carbonyl (C=O) groups excluding carboxylic acids is 1. The molecule has 1 unspecified atom stereocenters. The molecule has 1 amide bonds. The van der Waals surface area contributed by atoms with Gasteiger partial charge in [-0.25, -0.2) is 12.8 Å². The van der Waals surface area contributed by atoms with Gasteiger partial charge in [-0.3, -0.25) is 9.10 Å². The number of hydrogen-bond donors (Lipinski definition) is 1. The van der Waals surface area contributed by atoms with Crippen molar-refractivity contribution in [3.8, 4) is 5.75 Å². The van der Waals surface area contributed by atoms with Crippen molar-refractivity contribution in [2.45, 2.75) is 24.8 Å². The first-order chi connectivity index (χ1) is 15.2. The Labute approximate surface area is 187 Å². The fourth-order valence-corrected chi connectivity index (χ4v) is 4.57. The summed E-state index contributed by atoms with van der Waals surface area (Å²) in [5, 5.41) is 2.83. The molecule has 3 rings (SSSR count). The summed E-state index contributed by atoms with van der Waals surface area (Å²) in [5.74, 6) is -0.320. The zero-order chi connectivity index (χ0) is 23.3. The number of ether oxygens (including phenoxy) is 1. The minimum absolute atomic E-state index is 0.101. The van der Waals surface area contributed by atoms with Crippen LogP contribution in [0.3, 0.4) is 0 Å². The third-order valence-corrected chi connectivity index (χ3v) is 6.79. The lowest BCUT2D eigenvalue weighted by Gasteiger charge is -2.25. The molecule has 0 spiro atoms. The highest BCUT2D eigenvalue weighted by molar-refractivity contribution is 7.92. The summed E-state index contributed by atoms with van der Waals surface area (Å²) in [4.78, 5) is 12.7. The maximum absolute atomic E-state index is 13.3. The lowest BCUT2D eigenvalue weighted by atomic mass is 10.1. The lowest BCUT2D eigenvalue weighted by molar-refractivity contribution is -0.120. The van der Waals surface area contributed by atoms with Gasteiger partial charge in [0.25, 0.3) is 10.0 Å². The van der Waals surface area contributed by atoms with Crippen LogP contribution in [0.5, 0.6) is 5.75 Å². The molecule has 0 aromatic heterocycles. The van der Waals surface area contributed by atoms with E-state index in [9.17, 15) is 17.6 Å². The van der Waals surface area contributed by atoms with Crippen molar-refractivity contribution >= 4 is 21.6 Å². The first-order valence-corrected chi connectivity index (χ1v) is 11.4. The Hall–Kier alpha value is -3.39. The van der Waals surface area contributed by atoms with Crippen molar-refractivity contribution in [1.29, 1.82) is 0 Å². The number of benzene rings is 3. The van der Waals surface area contributed by atoms with Gasteiger partial charge in [0.05, 0.1) is 23.7 Å². The first kappa shape index (κ1) is 23.3. The molecule has 0 aliphatic rings. The molecule has 0 aliphatic carbocycles. The molecular weight excluding hydrogens is 431 g/mol. The van der Waals surface area contributed by atoms with Gasteiger partial charge in [0.15, 0.2) is 0 Å². The highest BCUT2D eigenvalue weighted by atomic mass is 32.2. The smallest absolute Gasteiger partial charge is 0.264 e. The number of carbonyl (C=O) groups is 1. The van der Waals surface area contributed by atoms with E-state index in [0.29, 0.717) is 11.4 Å². The third-order valence-electron chi connectivity index (χ3n) is 5.00. The second-order valence-corrected chi connectivity index (χ2v) is 9.23. The summed E-state index contributed by atoms with van der Waals surface area (Å²) in [5.41, 5.74) is 2.14. The summed E-state index contributed by atoms with van der Waals surface area (Å²) in [7, 11) is -2.53. The van der Waals surface area contributed by atoms with Gasteiger partial charge in [-0.05, 0) is 67.9 Å². The van der Waals surface area contributed by atoms with Crippen LogP contribution >= 0.6 is 0 Å². The highest BCUT2D eigenvalue weighted by Gasteiger charge is 2.27. The fraction of sp³-hybridized carbons (Fsp3) is 0.208. The van der Waals surface area contributed by atoms with E-state index >= 15 is 0 Å². The maximum Gasteiger partial charge on any atom is 0.264 e. The molecule has 0 saturated heterocycles. The van der Waals surface area contributed by atoms with Gasteiger partial charge in [0.2, 0.25) is 5.91 Å². The molecule has 3 aromatic rings. The average molecular weight is 457 g/mol. The predicted octanol–water partition coefficient (Wildman–Crippen LogP) is 4.22. The number of amides is 1. The number of hydrogen-bond acceptors (Lipinski definition) is 4. The van der Waals surface area contributed by atoms with Crippen molar-refractivity contribution in [2.75, 3.05) is 18.0 Å². The topological polar surface area (TPSA) is 75.7 Å². The van der Waals surface area contributed by atoms with Crippen molar-refractivity contribution in [1.82, 2.24) is 5.32 Å². The Bertz CT molecular complexity index is 1160. The van der Waals surface area contributed by atoms with Crippen molar-refractivity contribution < 1.29 is 22.3 Å². The van der Waals surface area contributed by atoms with Crippen molar-refractivity contribution in [2.24, 2.45) is 0 Å². The molecule has 168 valence electrons. The van der Waals surface area contributed by atoms with Crippen LogP contribution in [-0.2, 0) is 14.8 Å². The Morgan fingerprint density at radius 2 is 1.59 bits per heavy atom. The van der Waals surface area contributed by atoms with E-state index in [1.165, 1.54) is 12.1 Å². The normalized spacial score (nSPS) is 12.1. The molecule has 1 atom stereocenters. The zero-order valence-corrected chi connectivity index (χ0v) is 18.9. The SMILES string of the molecule is COc1ccc(C(C)NC(=O)CN(c2ccc(C)cc2)S(=O)(=O)c2ccc(F)cc2)cc1. The Morgan fingerprint density at radius 1 is 1.00 bits per heavy atom. The Kier molecular flexibility index (Phi) is 7.15. The molecule has 3 aromatic carbocycles. The van der Waals surface area contributed by atoms with Gasteiger partial charge < -0.3 is 10.1 Å². The van der Waals surface area contributed by atoms with Crippen LogP contribution in [0.15, 0.2) is 77.7 Å². The summed E-state index contributed by atoms with van der Waals surface area (Å²) in [6, 6.07) is 18.2. The number of halogens is 1. The van der Waals surface area contributed by atoms with E-state index in [0.717, 1.165) is 27.6 Å². The second-order valence-electron chi connectivity index (χ2n) is 7.36. The predicted molar refractivity (Wildman–Crippen MR) is 122 cm³/mol. The minimum atomic E-state index is -4.10. The van der Waals surface area contributed by atoms with Crippen LogP contribution in [0.1, 0.15) is 24.1 Å². The Balaban J connectivity index is 1.85. The van der Waals surface area contributed by atoms with Crippen LogP contribution < -0.4 is 14.4 Å². The average Bonchev–Trinajstić information content (AvgIpc) is 2.78. The molecule has 0 bridgehead atoms. The van der Waals surface area contributed by atoms with E-state index in [-0.39, 0.29) is 10.9 Å². The molecule has 6 nitrogen and oxygen atoms in total. The van der Waals surface area contributed by atoms with E-state index in [1.807, 2.05) is 26.0 Å². The second kappa shape index (κ2) is 9.82.